The van der Waals surface area contributed by atoms with Gasteiger partial charge < -0.3 is 80.1 Å². The van der Waals surface area contributed by atoms with E-state index in [0.717, 1.165) is 6.92 Å². The molecule has 3 rings (SSSR count). The van der Waals surface area contributed by atoms with Crippen LogP contribution in [0.5, 0.6) is 0 Å². The molecule has 3 fully saturated rings. The van der Waals surface area contributed by atoms with Crippen LogP contribution in [0, 0.1) is 0 Å². The molecule has 0 radical (unpaired) electrons. The van der Waals surface area contributed by atoms with Crippen molar-refractivity contribution in [2.24, 2.45) is 0 Å². The first kappa shape index (κ1) is 30.4. The number of aliphatic hydroxyl groups is 10. The topological polar surface area (TPSA) is 278 Å². The third-order valence-electron chi connectivity index (χ3n) is 6.50. The van der Waals surface area contributed by atoms with Gasteiger partial charge in [0.25, 0.3) is 0 Å². The summed E-state index contributed by atoms with van der Waals surface area (Å²) >= 11 is 0. The Morgan fingerprint density at radius 3 is 1.65 bits per heavy atom. The predicted octanol–water partition coefficient (Wildman–Crippen LogP) is -7.43. The Morgan fingerprint density at radius 1 is 0.649 bits per heavy atom. The van der Waals surface area contributed by atoms with Gasteiger partial charge in [-0.2, -0.15) is 0 Å². The van der Waals surface area contributed by atoms with Gasteiger partial charge in [0.2, 0.25) is 5.91 Å². The first-order chi connectivity index (χ1) is 17.4. The normalized spacial score (nSPS) is 49.0. The number of aliphatic hydroxyl groups excluding tert-OH is 10. The molecule has 0 saturated carbocycles. The van der Waals surface area contributed by atoms with E-state index in [2.05, 4.69) is 5.32 Å². The Morgan fingerprint density at radius 2 is 1.11 bits per heavy atom. The molecule has 1 amide bonds. The van der Waals surface area contributed by atoms with Crippen molar-refractivity contribution in [1.82, 2.24) is 5.32 Å². The molecule has 3 aliphatic rings. The lowest BCUT2D eigenvalue weighted by Gasteiger charge is -2.48. The maximum Gasteiger partial charge on any atom is 0.217 e. The minimum atomic E-state index is -1.93. The highest BCUT2D eigenvalue weighted by atomic mass is 16.7. The van der Waals surface area contributed by atoms with Crippen LogP contribution in [-0.2, 0) is 28.5 Å². The standard InChI is InChI=1S/C20H35NO16/c1-5(25)21-9-13(29)10(26)6(2-22)34-19(9)36-17-12(28)8(4-24)35-20(15(17)31)37-16-11(27)7(3-23)33-18(32)14(16)30/h6-20,22-24,26-32H,2-4H2,1H3,(H,21,25)/t6-,7-,8-,9-,10+,11+,12+,13+,14-,15-,16-,17-,18+,19+,20-/m0/s1. The molecule has 0 aliphatic carbocycles. The van der Waals surface area contributed by atoms with Crippen LogP contribution in [0.1, 0.15) is 6.92 Å². The van der Waals surface area contributed by atoms with Gasteiger partial charge in [-0.15, -0.1) is 0 Å². The van der Waals surface area contributed by atoms with E-state index < -0.39 is 118 Å². The minimum absolute atomic E-state index is 0.655. The molecule has 11 N–H and O–H groups in total. The second-order valence-corrected chi connectivity index (χ2v) is 9.07. The van der Waals surface area contributed by atoms with Gasteiger partial charge in [0.05, 0.1) is 19.8 Å². The number of hydrogen-bond acceptors (Lipinski definition) is 16. The number of nitrogens with one attached hydrogen (secondary N) is 1. The summed E-state index contributed by atoms with van der Waals surface area (Å²) in [6, 6.07) is -1.43. The Kier molecular flexibility index (Phi) is 10.5. The van der Waals surface area contributed by atoms with Gasteiger partial charge >= 0.3 is 0 Å². The zero-order valence-corrected chi connectivity index (χ0v) is 19.7. The van der Waals surface area contributed by atoms with Crippen LogP contribution in [-0.4, -0.2) is 169 Å². The molecule has 0 bridgehead atoms. The van der Waals surface area contributed by atoms with Gasteiger partial charge in [-0.1, -0.05) is 0 Å². The second-order valence-electron chi connectivity index (χ2n) is 9.07. The molecule has 0 aromatic rings. The van der Waals surface area contributed by atoms with Crippen molar-refractivity contribution in [1.29, 1.82) is 0 Å². The Balaban J connectivity index is 1.83. The molecule has 17 nitrogen and oxygen atoms in total. The van der Waals surface area contributed by atoms with E-state index in [4.69, 9.17) is 23.7 Å². The SMILES string of the molecule is CC(=O)N[C@@H]1[C@@H](O[C@@H]2[C@H](O)[C@H](O[C@@H]3[C@H](O)[C@H](O)O[C@@H](CO)[C@H]3O)O[C@@H](CO)[C@H]2O)O[C@@H](CO)[C@@H](O)[C@@H]1O. The van der Waals surface area contributed by atoms with Crippen LogP contribution < -0.4 is 5.32 Å². The third-order valence-corrected chi connectivity index (χ3v) is 6.50. The van der Waals surface area contributed by atoms with Crippen molar-refractivity contribution in [2.75, 3.05) is 19.8 Å². The smallest absolute Gasteiger partial charge is 0.217 e. The summed E-state index contributed by atoms with van der Waals surface area (Å²) in [5, 5.41) is 104. The summed E-state index contributed by atoms with van der Waals surface area (Å²) < 4.78 is 26.8. The molecular weight excluding hydrogens is 510 g/mol. The molecular formula is C20H35NO16. The number of rotatable bonds is 8. The van der Waals surface area contributed by atoms with Crippen molar-refractivity contribution in [3.63, 3.8) is 0 Å². The van der Waals surface area contributed by atoms with Crippen LogP contribution >= 0.6 is 0 Å². The van der Waals surface area contributed by atoms with Gasteiger partial charge in [-0.05, 0) is 0 Å². The Labute approximate surface area is 210 Å². The van der Waals surface area contributed by atoms with E-state index in [9.17, 15) is 55.9 Å². The van der Waals surface area contributed by atoms with E-state index >= 15 is 0 Å². The number of ether oxygens (including phenoxy) is 5. The maximum atomic E-state index is 11.7. The highest BCUT2D eigenvalue weighted by Crippen LogP contribution is 2.32. The molecule has 17 heteroatoms. The zero-order chi connectivity index (χ0) is 27.6. The average molecular weight is 545 g/mol. The van der Waals surface area contributed by atoms with Crippen molar-refractivity contribution in [2.45, 2.75) is 99.0 Å². The quantitative estimate of drug-likeness (QED) is 0.135. The van der Waals surface area contributed by atoms with E-state index in [1.54, 1.807) is 0 Å². The fraction of sp³-hybridized carbons (Fsp3) is 0.950. The van der Waals surface area contributed by atoms with Crippen LogP contribution in [0.2, 0.25) is 0 Å². The fourth-order valence-electron chi connectivity index (χ4n) is 4.45. The van der Waals surface area contributed by atoms with Crippen LogP contribution in [0.15, 0.2) is 0 Å². The fourth-order valence-corrected chi connectivity index (χ4v) is 4.45. The van der Waals surface area contributed by atoms with E-state index in [0.29, 0.717) is 0 Å². The third kappa shape index (κ3) is 6.38. The Bertz CT molecular complexity index is 747. The lowest BCUT2D eigenvalue weighted by atomic mass is 9.95. The van der Waals surface area contributed by atoms with E-state index in [1.807, 2.05) is 0 Å². The summed E-state index contributed by atoms with van der Waals surface area (Å²) in [6.45, 7) is -1.23. The van der Waals surface area contributed by atoms with Gasteiger partial charge in [-0.3, -0.25) is 4.79 Å². The number of hydrogen-bond donors (Lipinski definition) is 11. The number of amides is 1. The highest BCUT2D eigenvalue weighted by molar-refractivity contribution is 5.73. The average Bonchev–Trinajstić information content (AvgIpc) is 2.86. The first-order valence-electron chi connectivity index (χ1n) is 11.6. The molecule has 15 atom stereocenters. The highest BCUT2D eigenvalue weighted by Gasteiger charge is 2.53. The van der Waals surface area contributed by atoms with Crippen molar-refractivity contribution in [3.05, 3.63) is 0 Å². The summed E-state index contributed by atoms with van der Waals surface area (Å²) in [7, 11) is 0. The van der Waals surface area contributed by atoms with Gasteiger partial charge in [0.1, 0.15) is 73.2 Å². The van der Waals surface area contributed by atoms with Crippen LogP contribution in [0.3, 0.4) is 0 Å². The molecule has 0 aromatic carbocycles. The van der Waals surface area contributed by atoms with E-state index in [1.165, 1.54) is 0 Å². The molecule has 3 saturated heterocycles. The summed E-state index contributed by atoms with van der Waals surface area (Å²) in [5.74, 6) is -0.655. The molecule has 3 heterocycles. The van der Waals surface area contributed by atoms with Gasteiger partial charge in [-0.25, -0.2) is 0 Å². The summed E-state index contributed by atoms with van der Waals surface area (Å²) in [4.78, 5) is 11.7. The molecule has 216 valence electrons. The van der Waals surface area contributed by atoms with Gasteiger partial charge in [0, 0.05) is 6.92 Å². The van der Waals surface area contributed by atoms with Crippen LogP contribution in [0.4, 0.5) is 0 Å². The summed E-state index contributed by atoms with van der Waals surface area (Å²) in [5.41, 5.74) is 0. The second kappa shape index (κ2) is 12.8. The van der Waals surface area contributed by atoms with E-state index in [-0.39, 0.29) is 0 Å². The Hall–Kier alpha value is -1.13. The van der Waals surface area contributed by atoms with Crippen LogP contribution in [0.25, 0.3) is 0 Å². The largest absolute Gasteiger partial charge is 0.394 e. The molecule has 37 heavy (non-hydrogen) atoms. The monoisotopic (exact) mass is 545 g/mol. The first-order valence-corrected chi connectivity index (χ1v) is 11.6. The maximum absolute atomic E-state index is 11.7. The molecule has 0 unspecified atom stereocenters. The minimum Gasteiger partial charge on any atom is -0.394 e. The molecule has 3 aliphatic heterocycles. The number of carbonyl (C=O) groups excluding carboxylic acids is 1. The lowest BCUT2D eigenvalue weighted by molar-refractivity contribution is -0.373. The van der Waals surface area contributed by atoms with Gasteiger partial charge in [0.15, 0.2) is 18.9 Å². The zero-order valence-electron chi connectivity index (χ0n) is 19.7. The number of carbonyl (C=O) groups is 1. The lowest BCUT2D eigenvalue weighted by Crippen LogP contribution is -2.68. The predicted molar refractivity (Wildman–Crippen MR) is 113 cm³/mol. The van der Waals surface area contributed by atoms with Crippen molar-refractivity contribution < 1.29 is 79.5 Å². The molecule has 0 spiro atoms. The van der Waals surface area contributed by atoms with Crippen molar-refractivity contribution >= 4 is 5.91 Å². The molecule has 0 aromatic heterocycles. The van der Waals surface area contributed by atoms with Crippen molar-refractivity contribution in [3.8, 4) is 0 Å². The summed E-state index contributed by atoms with van der Waals surface area (Å²) in [6.07, 6.45) is -23.5.